The first-order valence-corrected chi connectivity index (χ1v) is 13.3. The Labute approximate surface area is 200 Å². The second-order valence-electron chi connectivity index (χ2n) is 8.76. The summed E-state index contributed by atoms with van der Waals surface area (Å²) < 4.78 is 7.23. The molecule has 1 fully saturated rings. The number of carbonyl (C=O) groups is 2. The van der Waals surface area contributed by atoms with Crippen LogP contribution in [0, 0.1) is 5.92 Å². The minimum atomic E-state index is -0.807. The van der Waals surface area contributed by atoms with E-state index in [1.807, 2.05) is 36.4 Å². The molecule has 0 saturated heterocycles. The van der Waals surface area contributed by atoms with Crippen LogP contribution < -0.4 is 9.20 Å². The number of hydrogen-bond donors (Lipinski definition) is 1. The van der Waals surface area contributed by atoms with E-state index in [0.29, 0.717) is 33.9 Å². The van der Waals surface area contributed by atoms with Gasteiger partial charge in [0.15, 0.2) is 0 Å². The number of carboxylic acid groups (broad SMARTS) is 1. The van der Waals surface area contributed by atoms with Gasteiger partial charge in [-0.2, -0.15) is 0 Å². The molecule has 2 aliphatic rings. The van der Waals surface area contributed by atoms with Crippen molar-refractivity contribution in [3.63, 3.8) is 0 Å². The fourth-order valence-electron chi connectivity index (χ4n) is 5.11. The SMILES string of the molecule is O=C1c2ccccc2COc2ccc(C(C(=O)O)C3CCCCC3[Se]c3ccccc3)cc21. The Balaban J connectivity index is 1.50. The van der Waals surface area contributed by atoms with Crippen LogP contribution in [0.1, 0.15) is 58.6 Å². The Hall–Kier alpha value is -2.88. The Bertz CT molecular complexity index is 1170. The average Bonchev–Trinajstić information content (AvgIpc) is 2.98. The topological polar surface area (TPSA) is 63.6 Å². The molecule has 5 rings (SSSR count). The molecular formula is C28H26O4Se. The van der Waals surface area contributed by atoms with Gasteiger partial charge in [0.1, 0.15) is 0 Å². The number of ether oxygens (including phenoxy) is 1. The van der Waals surface area contributed by atoms with E-state index in [1.165, 1.54) is 4.46 Å². The number of hydrogen-bond acceptors (Lipinski definition) is 3. The van der Waals surface area contributed by atoms with E-state index in [9.17, 15) is 14.7 Å². The van der Waals surface area contributed by atoms with Crippen LogP contribution in [0.2, 0.25) is 4.82 Å². The number of fused-ring (bicyclic) bond motifs is 2. The summed E-state index contributed by atoms with van der Waals surface area (Å²) in [6.07, 6.45) is 4.16. The maximum atomic E-state index is 13.3. The molecule has 3 atom stereocenters. The van der Waals surface area contributed by atoms with E-state index < -0.39 is 11.9 Å². The Kier molecular flexibility index (Phi) is 6.34. The third-order valence-corrected chi connectivity index (χ3v) is 9.74. The van der Waals surface area contributed by atoms with Gasteiger partial charge >= 0.3 is 200 Å². The number of carbonyl (C=O) groups excluding carboxylic acids is 1. The first-order chi connectivity index (χ1) is 16.1. The Morgan fingerprint density at radius 2 is 1.70 bits per heavy atom. The van der Waals surface area contributed by atoms with Crippen molar-refractivity contribution in [3.05, 3.63) is 95.1 Å². The van der Waals surface area contributed by atoms with Crippen molar-refractivity contribution in [2.75, 3.05) is 0 Å². The zero-order valence-electron chi connectivity index (χ0n) is 18.3. The summed E-state index contributed by atoms with van der Waals surface area (Å²) in [6.45, 7) is 0.334. The van der Waals surface area contributed by atoms with E-state index in [2.05, 4.69) is 24.3 Å². The Morgan fingerprint density at radius 1 is 0.939 bits per heavy atom. The molecule has 0 amide bonds. The van der Waals surface area contributed by atoms with E-state index in [4.69, 9.17) is 4.74 Å². The molecule has 3 unspecified atom stereocenters. The molecule has 0 bridgehead atoms. The summed E-state index contributed by atoms with van der Waals surface area (Å²) in [5, 5.41) is 10.3. The number of benzene rings is 3. The molecule has 1 aliphatic heterocycles. The van der Waals surface area contributed by atoms with Gasteiger partial charge in [-0.15, -0.1) is 0 Å². The molecule has 33 heavy (non-hydrogen) atoms. The summed E-state index contributed by atoms with van der Waals surface area (Å²) >= 11 is 0.212. The van der Waals surface area contributed by atoms with Crippen molar-refractivity contribution in [2.24, 2.45) is 5.92 Å². The third-order valence-electron chi connectivity index (χ3n) is 6.73. The molecule has 3 aromatic rings. The van der Waals surface area contributed by atoms with Gasteiger partial charge in [-0.1, -0.05) is 0 Å². The van der Waals surface area contributed by atoms with Crippen LogP contribution in [0.15, 0.2) is 72.8 Å². The van der Waals surface area contributed by atoms with Crippen LogP contribution in [0.4, 0.5) is 0 Å². The summed E-state index contributed by atoms with van der Waals surface area (Å²) in [5.41, 5.74) is 2.65. The zero-order valence-corrected chi connectivity index (χ0v) is 20.0. The normalized spacial score (nSPS) is 20.7. The monoisotopic (exact) mass is 506 g/mol. The number of rotatable bonds is 5. The van der Waals surface area contributed by atoms with Crippen LogP contribution in [0.5, 0.6) is 5.75 Å². The van der Waals surface area contributed by atoms with Gasteiger partial charge in [-0.3, -0.25) is 0 Å². The molecule has 0 aromatic heterocycles. The second kappa shape index (κ2) is 9.54. The van der Waals surface area contributed by atoms with Crippen molar-refractivity contribution >= 4 is 31.2 Å². The summed E-state index contributed by atoms with van der Waals surface area (Å²) in [4.78, 5) is 26.3. The van der Waals surface area contributed by atoms with Gasteiger partial charge in [-0.05, 0) is 0 Å². The molecule has 5 heteroatoms. The summed E-state index contributed by atoms with van der Waals surface area (Å²) in [7, 11) is 0. The molecule has 1 aliphatic carbocycles. The average molecular weight is 505 g/mol. The molecular weight excluding hydrogens is 479 g/mol. The third kappa shape index (κ3) is 4.48. The minimum absolute atomic E-state index is 0.0589. The first kappa shape index (κ1) is 21.9. The van der Waals surface area contributed by atoms with Crippen LogP contribution in [0.25, 0.3) is 0 Å². The molecule has 4 nitrogen and oxygen atoms in total. The molecule has 1 saturated carbocycles. The quantitative estimate of drug-likeness (QED) is 0.497. The standard InChI is InChI=1S/C28H26O4Se/c29-27-21-11-5-4-8-19(21)17-32-24-15-14-18(16-23(24)27)26(28(30)31)22-12-6-7-13-25(22)33-20-9-2-1-3-10-20/h1-5,8-11,14-16,22,25-26H,6-7,12-13,17H2,(H,30,31). The predicted octanol–water partition coefficient (Wildman–Crippen LogP) is 4.99. The van der Waals surface area contributed by atoms with E-state index in [0.717, 1.165) is 31.2 Å². The maximum absolute atomic E-state index is 13.3. The number of carboxylic acids is 1. The van der Waals surface area contributed by atoms with Crippen molar-refractivity contribution < 1.29 is 19.4 Å². The molecule has 0 spiro atoms. The second-order valence-corrected chi connectivity index (χ2v) is 11.5. The molecule has 1 heterocycles. The van der Waals surface area contributed by atoms with Crippen molar-refractivity contribution in [1.29, 1.82) is 0 Å². The van der Waals surface area contributed by atoms with Gasteiger partial charge < -0.3 is 0 Å². The predicted molar refractivity (Wildman–Crippen MR) is 129 cm³/mol. The zero-order chi connectivity index (χ0) is 22.8. The van der Waals surface area contributed by atoms with Crippen LogP contribution in [-0.4, -0.2) is 31.8 Å². The molecule has 1 N–H and O–H groups in total. The van der Waals surface area contributed by atoms with Gasteiger partial charge in [0.2, 0.25) is 0 Å². The summed E-state index contributed by atoms with van der Waals surface area (Å²) in [5.74, 6) is -0.949. The Morgan fingerprint density at radius 3 is 2.52 bits per heavy atom. The fourth-order valence-corrected chi connectivity index (χ4v) is 8.08. The molecule has 3 aromatic carbocycles. The number of aliphatic carboxylic acids is 1. The number of ketones is 1. The van der Waals surface area contributed by atoms with Gasteiger partial charge in [0, 0.05) is 0 Å². The first-order valence-electron chi connectivity index (χ1n) is 11.5. The van der Waals surface area contributed by atoms with Crippen LogP contribution in [0.3, 0.4) is 0 Å². The van der Waals surface area contributed by atoms with E-state index >= 15 is 0 Å². The molecule has 168 valence electrons. The van der Waals surface area contributed by atoms with Crippen LogP contribution in [-0.2, 0) is 11.4 Å². The van der Waals surface area contributed by atoms with Crippen molar-refractivity contribution in [3.8, 4) is 5.75 Å². The van der Waals surface area contributed by atoms with E-state index in [1.54, 1.807) is 12.1 Å². The fraction of sp³-hybridized carbons (Fsp3) is 0.286. The van der Waals surface area contributed by atoms with Gasteiger partial charge in [0.25, 0.3) is 0 Å². The summed E-state index contributed by atoms with van der Waals surface area (Å²) in [6, 6.07) is 23.3. The van der Waals surface area contributed by atoms with Gasteiger partial charge in [-0.25, -0.2) is 0 Å². The molecule has 0 radical (unpaired) electrons. The van der Waals surface area contributed by atoms with Crippen LogP contribution >= 0.6 is 0 Å². The van der Waals surface area contributed by atoms with E-state index in [-0.39, 0.29) is 26.7 Å². The van der Waals surface area contributed by atoms with Gasteiger partial charge in [0.05, 0.1) is 0 Å². The van der Waals surface area contributed by atoms with Crippen molar-refractivity contribution in [1.82, 2.24) is 0 Å². The van der Waals surface area contributed by atoms with Crippen molar-refractivity contribution in [2.45, 2.75) is 43.0 Å².